The molecule has 1 aromatic rings. The summed E-state index contributed by atoms with van der Waals surface area (Å²) in [5, 5.41) is 0. The number of carbonyl (C=O) groups excluding carboxylic acids is 1. The van der Waals surface area contributed by atoms with Crippen LogP contribution in [-0.4, -0.2) is 13.1 Å². The molecule has 0 bridgehead atoms. The molecule has 1 rings (SSSR count). The van der Waals surface area contributed by atoms with Crippen molar-refractivity contribution in [1.82, 2.24) is 0 Å². The Bertz CT molecular complexity index is 413. The largest absolute Gasteiger partial charge is 0.465 e. The summed E-state index contributed by atoms with van der Waals surface area (Å²) in [5.74, 6) is 3.02. The number of carbonyl (C=O) groups is 1. The lowest BCUT2D eigenvalue weighted by Gasteiger charge is -2.00. The van der Waals surface area contributed by atoms with Crippen molar-refractivity contribution in [2.45, 2.75) is 19.8 Å². The minimum atomic E-state index is -0.382. The highest BCUT2D eigenvalue weighted by Crippen LogP contribution is 2.13. The number of methoxy groups -OCH3 is 1. The van der Waals surface area contributed by atoms with Gasteiger partial charge in [-0.3, -0.25) is 0 Å². The van der Waals surface area contributed by atoms with Crippen LogP contribution in [0.25, 0.3) is 0 Å². The topological polar surface area (TPSA) is 35.5 Å². The van der Waals surface area contributed by atoms with Gasteiger partial charge in [0.2, 0.25) is 0 Å². The SMILES string of the molecule is CCCC#COc1cccc(C(=O)OC)c1. The van der Waals surface area contributed by atoms with E-state index in [0.717, 1.165) is 12.8 Å². The molecule has 0 spiro atoms. The quantitative estimate of drug-likeness (QED) is 0.578. The zero-order chi connectivity index (χ0) is 11.8. The van der Waals surface area contributed by atoms with E-state index in [1.165, 1.54) is 7.11 Å². The van der Waals surface area contributed by atoms with Crippen LogP contribution in [0.2, 0.25) is 0 Å². The van der Waals surface area contributed by atoms with E-state index in [4.69, 9.17) is 4.74 Å². The van der Waals surface area contributed by atoms with Crippen molar-refractivity contribution in [3.05, 3.63) is 29.8 Å². The predicted octanol–water partition coefficient (Wildman–Crippen LogP) is 2.61. The Hall–Kier alpha value is -1.95. The molecule has 0 radical (unpaired) electrons. The second-order valence-electron chi connectivity index (χ2n) is 3.15. The predicted molar refractivity (Wildman–Crippen MR) is 61.1 cm³/mol. The van der Waals surface area contributed by atoms with E-state index in [1.807, 2.05) is 6.92 Å². The first-order valence-electron chi connectivity index (χ1n) is 5.11. The molecule has 0 fully saturated rings. The smallest absolute Gasteiger partial charge is 0.337 e. The third-order valence-corrected chi connectivity index (χ3v) is 1.87. The lowest BCUT2D eigenvalue weighted by Crippen LogP contribution is -2.00. The second-order valence-corrected chi connectivity index (χ2v) is 3.15. The fourth-order valence-electron chi connectivity index (χ4n) is 1.08. The van der Waals surface area contributed by atoms with Gasteiger partial charge in [-0.2, -0.15) is 0 Å². The summed E-state index contributed by atoms with van der Waals surface area (Å²) in [6, 6.07) is 6.74. The zero-order valence-electron chi connectivity index (χ0n) is 9.45. The first-order chi connectivity index (χ1) is 7.77. The number of rotatable bonds is 3. The summed E-state index contributed by atoms with van der Waals surface area (Å²) in [7, 11) is 1.34. The number of hydrogen-bond acceptors (Lipinski definition) is 3. The van der Waals surface area contributed by atoms with Crippen LogP contribution in [-0.2, 0) is 4.74 Å². The Morgan fingerprint density at radius 3 is 2.94 bits per heavy atom. The third-order valence-electron chi connectivity index (χ3n) is 1.87. The lowest BCUT2D eigenvalue weighted by molar-refractivity contribution is 0.0600. The van der Waals surface area contributed by atoms with Gasteiger partial charge in [0, 0.05) is 6.42 Å². The number of hydrogen-bond donors (Lipinski definition) is 0. The summed E-state index contributed by atoms with van der Waals surface area (Å²) < 4.78 is 9.78. The Morgan fingerprint density at radius 2 is 2.25 bits per heavy atom. The van der Waals surface area contributed by atoms with Gasteiger partial charge in [-0.25, -0.2) is 4.79 Å². The molecule has 0 saturated heterocycles. The summed E-state index contributed by atoms with van der Waals surface area (Å²) in [5.41, 5.74) is 0.456. The van der Waals surface area contributed by atoms with E-state index in [-0.39, 0.29) is 5.97 Å². The summed E-state index contributed by atoms with van der Waals surface area (Å²) in [4.78, 5) is 11.2. The van der Waals surface area contributed by atoms with Gasteiger partial charge in [0.15, 0.2) is 0 Å². The first kappa shape index (κ1) is 12.1. The van der Waals surface area contributed by atoms with Crippen molar-refractivity contribution in [2.75, 3.05) is 7.11 Å². The maximum Gasteiger partial charge on any atom is 0.337 e. The average molecular weight is 218 g/mol. The number of benzene rings is 1. The first-order valence-corrected chi connectivity index (χ1v) is 5.11. The van der Waals surface area contributed by atoms with Crippen LogP contribution < -0.4 is 4.74 Å². The molecule has 1 aromatic carbocycles. The van der Waals surface area contributed by atoms with Gasteiger partial charge in [0.1, 0.15) is 11.9 Å². The molecule has 0 aliphatic heterocycles. The molecule has 0 atom stereocenters. The van der Waals surface area contributed by atoms with Gasteiger partial charge in [-0.05, 0) is 24.6 Å². The highest BCUT2D eigenvalue weighted by Gasteiger charge is 2.05. The van der Waals surface area contributed by atoms with Crippen LogP contribution in [0.5, 0.6) is 5.75 Å². The minimum Gasteiger partial charge on any atom is -0.465 e. The third kappa shape index (κ3) is 3.66. The molecule has 3 nitrogen and oxygen atoms in total. The van der Waals surface area contributed by atoms with Crippen LogP contribution >= 0.6 is 0 Å². The fraction of sp³-hybridized carbons (Fsp3) is 0.308. The van der Waals surface area contributed by atoms with E-state index < -0.39 is 0 Å². The van der Waals surface area contributed by atoms with Crippen LogP contribution in [0.4, 0.5) is 0 Å². The van der Waals surface area contributed by atoms with E-state index in [0.29, 0.717) is 11.3 Å². The Balaban J connectivity index is 2.69. The van der Waals surface area contributed by atoms with Crippen LogP contribution in [0.15, 0.2) is 24.3 Å². The van der Waals surface area contributed by atoms with Crippen molar-refractivity contribution in [3.63, 3.8) is 0 Å². The van der Waals surface area contributed by atoms with Crippen molar-refractivity contribution in [3.8, 4) is 17.8 Å². The maximum absolute atomic E-state index is 11.2. The molecule has 0 amide bonds. The maximum atomic E-state index is 11.2. The Labute approximate surface area is 95.4 Å². The van der Waals surface area contributed by atoms with Gasteiger partial charge in [-0.15, -0.1) is 0 Å². The molecule has 16 heavy (non-hydrogen) atoms. The van der Waals surface area contributed by atoms with Crippen LogP contribution in [0, 0.1) is 12.0 Å². The van der Waals surface area contributed by atoms with Crippen molar-refractivity contribution < 1.29 is 14.3 Å². The molecular formula is C13H14O3. The highest BCUT2D eigenvalue weighted by molar-refractivity contribution is 5.89. The lowest BCUT2D eigenvalue weighted by atomic mass is 10.2. The Kier molecular flexibility index (Phi) is 4.94. The van der Waals surface area contributed by atoms with E-state index >= 15 is 0 Å². The molecule has 0 unspecified atom stereocenters. The van der Waals surface area contributed by atoms with E-state index in [9.17, 15) is 4.79 Å². The molecule has 0 aliphatic carbocycles. The molecule has 0 aromatic heterocycles. The van der Waals surface area contributed by atoms with Gasteiger partial charge in [0.05, 0.1) is 12.7 Å². The van der Waals surface area contributed by atoms with Gasteiger partial charge in [-0.1, -0.05) is 18.9 Å². The van der Waals surface area contributed by atoms with Crippen molar-refractivity contribution in [2.24, 2.45) is 0 Å². The number of ether oxygens (including phenoxy) is 2. The normalized spacial score (nSPS) is 8.88. The monoisotopic (exact) mass is 218 g/mol. The fourth-order valence-corrected chi connectivity index (χ4v) is 1.08. The zero-order valence-corrected chi connectivity index (χ0v) is 9.45. The summed E-state index contributed by atoms with van der Waals surface area (Å²) >= 11 is 0. The number of unbranched alkanes of at least 4 members (excludes halogenated alkanes) is 1. The van der Waals surface area contributed by atoms with Gasteiger partial charge < -0.3 is 9.47 Å². The van der Waals surface area contributed by atoms with Gasteiger partial charge in [0.25, 0.3) is 0 Å². The summed E-state index contributed by atoms with van der Waals surface area (Å²) in [6.07, 6.45) is 4.39. The number of esters is 1. The standard InChI is InChI=1S/C13H14O3/c1-3-4-5-9-16-12-8-6-7-11(10-12)13(14)15-2/h6-8,10H,3-4H2,1-2H3. The molecule has 84 valence electrons. The second kappa shape index (κ2) is 6.52. The van der Waals surface area contributed by atoms with Crippen LogP contribution in [0.1, 0.15) is 30.1 Å². The van der Waals surface area contributed by atoms with E-state index in [1.54, 1.807) is 24.3 Å². The van der Waals surface area contributed by atoms with Crippen molar-refractivity contribution >= 4 is 5.97 Å². The minimum absolute atomic E-state index is 0.382. The van der Waals surface area contributed by atoms with Crippen LogP contribution in [0.3, 0.4) is 0 Å². The molecule has 0 heterocycles. The Morgan fingerprint density at radius 1 is 1.44 bits per heavy atom. The molecule has 3 heteroatoms. The highest BCUT2D eigenvalue weighted by atomic mass is 16.5. The van der Waals surface area contributed by atoms with Crippen molar-refractivity contribution in [1.29, 1.82) is 0 Å². The molecule has 0 aliphatic rings. The van der Waals surface area contributed by atoms with Gasteiger partial charge >= 0.3 is 5.97 Å². The molecule has 0 N–H and O–H groups in total. The molecule has 0 saturated carbocycles. The molecular weight excluding hydrogens is 204 g/mol. The summed E-state index contributed by atoms with van der Waals surface area (Å²) in [6.45, 7) is 2.05. The average Bonchev–Trinajstić information content (AvgIpc) is 2.34. The van der Waals surface area contributed by atoms with E-state index in [2.05, 4.69) is 16.8 Å².